The summed E-state index contributed by atoms with van der Waals surface area (Å²) in [7, 11) is 2.18. The van der Waals surface area contributed by atoms with E-state index in [-0.39, 0.29) is 34.3 Å². The second-order valence-electron chi connectivity index (χ2n) is 4.40. The molecule has 1 aromatic heterocycles. The monoisotopic (exact) mass is 489 g/mol. The Morgan fingerprint density at radius 1 is 1.25 bits per heavy atom. The molecule has 0 saturated heterocycles. The van der Waals surface area contributed by atoms with Crippen LogP contribution in [0.4, 0.5) is 0 Å². The van der Waals surface area contributed by atoms with E-state index in [2.05, 4.69) is 80.1 Å². The van der Waals surface area contributed by atoms with Crippen molar-refractivity contribution in [2.24, 2.45) is 0 Å². The Kier molecular flexibility index (Phi) is 4.72. The van der Waals surface area contributed by atoms with Crippen LogP contribution in [0.15, 0.2) is 60.5 Å². The van der Waals surface area contributed by atoms with Crippen molar-refractivity contribution in [1.29, 1.82) is 0 Å². The van der Waals surface area contributed by atoms with Gasteiger partial charge in [0.1, 0.15) is 0 Å². The van der Waals surface area contributed by atoms with Crippen LogP contribution in [-0.2, 0) is 0 Å². The molecule has 2 heterocycles. The topological polar surface area (TPSA) is 19.0 Å². The molecule has 2 nitrogen and oxygen atoms in total. The molecule has 1 aliphatic rings. The molecule has 0 amide bonds. The third-order valence-corrected chi connectivity index (χ3v) is 11.8. The van der Waals surface area contributed by atoms with Crippen molar-refractivity contribution in [2.45, 2.75) is 0 Å². The van der Waals surface area contributed by atoms with Gasteiger partial charge < -0.3 is 0 Å². The molecular formula is C16H15I2N2-. The number of para-hydroxylation sites is 1. The van der Waals surface area contributed by atoms with Gasteiger partial charge in [0.15, 0.2) is 0 Å². The number of aromatic nitrogens is 1. The maximum atomic E-state index is 3.31. The number of fused-ring (bicyclic) bond motifs is 1. The molecule has 0 fully saturated rings. The van der Waals surface area contributed by atoms with Crippen molar-refractivity contribution in [2.75, 3.05) is 7.05 Å². The van der Waals surface area contributed by atoms with Crippen molar-refractivity contribution >= 4 is 37.7 Å². The van der Waals surface area contributed by atoms with E-state index in [1.807, 2.05) is 0 Å². The fourth-order valence-electron chi connectivity index (χ4n) is 1.97. The van der Waals surface area contributed by atoms with Crippen molar-refractivity contribution in [1.82, 2.24) is 8.10 Å². The molecule has 1 aliphatic heterocycles. The van der Waals surface area contributed by atoms with E-state index in [4.69, 9.17) is 0 Å². The first kappa shape index (κ1) is 14.1. The Labute approximate surface area is 135 Å². The van der Waals surface area contributed by atoms with Crippen molar-refractivity contribution in [3.05, 3.63) is 66.0 Å². The molecule has 104 valence electrons. The molecule has 0 aliphatic carbocycles. The van der Waals surface area contributed by atoms with Crippen LogP contribution in [0, 0.1) is 0 Å². The first-order valence-electron chi connectivity index (χ1n) is 6.29. The van der Waals surface area contributed by atoms with Crippen molar-refractivity contribution < 1.29 is 17.5 Å². The van der Waals surface area contributed by atoms with Crippen LogP contribution >= 0.6 is 16.8 Å². The zero-order valence-electron chi connectivity index (χ0n) is 11.1. The molecule has 0 bridgehead atoms. The van der Waals surface area contributed by atoms with Gasteiger partial charge in [-0.1, -0.05) is 0 Å². The van der Waals surface area contributed by atoms with E-state index in [1.165, 1.54) is 22.0 Å². The van der Waals surface area contributed by atoms with Gasteiger partial charge in [-0.05, 0) is 0 Å². The predicted molar refractivity (Wildman–Crippen MR) is 92.4 cm³/mol. The molecule has 0 atom stereocenters. The number of hydrogen-bond donors (Lipinski definition) is 1. The second-order valence-corrected chi connectivity index (χ2v) is 13.1. The molecule has 0 unspecified atom stereocenters. The van der Waals surface area contributed by atoms with Crippen LogP contribution in [0.2, 0.25) is 0 Å². The molecule has 0 spiro atoms. The summed E-state index contributed by atoms with van der Waals surface area (Å²) in [6.07, 6.45) is 13.1. The average molecular weight is 489 g/mol. The summed E-state index contributed by atoms with van der Waals surface area (Å²) in [5.74, 6) is 0. The van der Waals surface area contributed by atoms with Gasteiger partial charge >= 0.3 is 136 Å². The van der Waals surface area contributed by atoms with Crippen LogP contribution in [0.3, 0.4) is 0 Å². The summed E-state index contributed by atoms with van der Waals surface area (Å²) >= 11 is 0.503. The summed E-state index contributed by atoms with van der Waals surface area (Å²) in [5, 5.41) is 1.28. The van der Waals surface area contributed by atoms with Crippen LogP contribution in [0.1, 0.15) is 5.56 Å². The second kappa shape index (κ2) is 6.71. The van der Waals surface area contributed by atoms with Crippen molar-refractivity contribution in [3.63, 3.8) is 0 Å². The Morgan fingerprint density at radius 3 is 3.10 bits per heavy atom. The normalized spacial score (nSPS) is 16.4. The molecule has 2 aromatic rings. The predicted octanol–water partition coefficient (Wildman–Crippen LogP) is 1.26. The van der Waals surface area contributed by atoms with Gasteiger partial charge in [-0.3, -0.25) is 0 Å². The molecule has 0 radical (unpaired) electrons. The molecule has 1 aromatic carbocycles. The van der Waals surface area contributed by atoms with Crippen molar-refractivity contribution in [3.8, 4) is 0 Å². The van der Waals surface area contributed by atoms with Crippen LogP contribution in [0.5, 0.6) is 0 Å². The third-order valence-electron chi connectivity index (χ3n) is 2.99. The average Bonchev–Trinajstić information content (AvgIpc) is 2.86. The van der Waals surface area contributed by atoms with Gasteiger partial charge in [0.25, 0.3) is 0 Å². The van der Waals surface area contributed by atoms with Gasteiger partial charge in [-0.2, -0.15) is 0 Å². The van der Waals surface area contributed by atoms with E-state index >= 15 is 0 Å². The summed E-state index contributed by atoms with van der Waals surface area (Å²) < 4.78 is 4.76. The van der Waals surface area contributed by atoms with E-state index in [0.29, 0.717) is 0 Å². The summed E-state index contributed by atoms with van der Waals surface area (Å²) in [6.45, 7) is 0. The standard InChI is InChI=1S/C16H15I2N2/c1-20-11-9-13(8-10-17-18-20)6-7-14-12-19-16-5-3-2-4-15(14)16/h2-12,19H,1H3/q-1/b7-6-,11-9?,13-8?. The zero-order chi connectivity index (χ0) is 13.8. The first-order chi connectivity index (χ1) is 9.83. The summed E-state index contributed by atoms with van der Waals surface area (Å²) in [6, 6.07) is 8.41. The molecule has 1 N–H and O–H groups in total. The Balaban J connectivity index is 1.88. The molecule has 4 heteroatoms. The number of benzene rings is 1. The number of H-pyrrole nitrogens is 1. The van der Waals surface area contributed by atoms with Gasteiger partial charge in [-0.25, -0.2) is 0 Å². The van der Waals surface area contributed by atoms with Crippen LogP contribution < -0.4 is 17.5 Å². The Morgan fingerprint density at radius 2 is 2.15 bits per heavy atom. The summed E-state index contributed by atoms with van der Waals surface area (Å²) in [4.78, 5) is 3.31. The van der Waals surface area contributed by atoms with Gasteiger partial charge in [0, 0.05) is 0 Å². The Hall–Kier alpha value is -0.890. The number of nitrogens with one attached hydrogen (secondary N) is 1. The van der Waals surface area contributed by atoms with E-state index in [9.17, 15) is 0 Å². The summed E-state index contributed by atoms with van der Waals surface area (Å²) in [5.41, 5.74) is 3.70. The fourth-order valence-corrected chi connectivity index (χ4v) is 8.03. The first-order valence-corrected chi connectivity index (χ1v) is 14.8. The van der Waals surface area contributed by atoms with Crippen LogP contribution in [0.25, 0.3) is 17.0 Å². The van der Waals surface area contributed by atoms with E-state index in [0.717, 1.165) is 0 Å². The number of halogens is 2. The zero-order valence-corrected chi connectivity index (χ0v) is 15.4. The molecule has 0 saturated carbocycles. The van der Waals surface area contributed by atoms with Gasteiger partial charge in [0.05, 0.1) is 0 Å². The Bertz CT molecular complexity index is 723. The van der Waals surface area contributed by atoms with E-state index in [1.54, 1.807) is 0 Å². The van der Waals surface area contributed by atoms with E-state index < -0.39 is 0 Å². The number of hydrogen-bond acceptors (Lipinski definition) is 1. The number of aromatic amines is 1. The minimum absolute atomic E-state index is 0.244. The fraction of sp³-hybridized carbons (Fsp3) is 0.0625. The number of rotatable bonds is 2. The van der Waals surface area contributed by atoms with Gasteiger partial charge in [-0.15, -0.1) is 0 Å². The number of nitrogens with zero attached hydrogens (tertiary/aromatic N) is 1. The SMILES string of the molecule is CN1C=CC(/C=C\c2c[nH]c3ccccc23)=CC=I[I-]1. The minimum atomic E-state index is 0.244. The maximum absolute atomic E-state index is 3.31. The third kappa shape index (κ3) is 3.41. The molecule has 20 heavy (non-hydrogen) atoms. The molecule has 3 rings (SSSR count). The quantitative estimate of drug-likeness (QED) is 0.498. The van der Waals surface area contributed by atoms with Gasteiger partial charge in [0.2, 0.25) is 0 Å². The molecular weight excluding hydrogens is 474 g/mol. The number of allylic oxidation sites excluding steroid dienone is 4. The van der Waals surface area contributed by atoms with Crippen LogP contribution in [-0.4, -0.2) is 19.2 Å².